The van der Waals surface area contributed by atoms with Gasteiger partial charge in [-0.25, -0.2) is 4.98 Å². The fraction of sp³-hybridized carbons (Fsp3) is 0.0909. The van der Waals surface area contributed by atoms with Crippen molar-refractivity contribution in [2.75, 3.05) is 11.1 Å². The third-order valence-corrected chi connectivity index (χ3v) is 5.59. The van der Waals surface area contributed by atoms with E-state index in [-0.39, 0.29) is 17.2 Å². The first-order valence-corrected chi connectivity index (χ1v) is 9.86. The molecule has 1 amide bonds. The number of hydrogen-bond acceptors (Lipinski definition) is 5. The van der Waals surface area contributed by atoms with Gasteiger partial charge in [-0.05, 0) is 35.0 Å². The molecule has 0 aliphatic rings. The van der Waals surface area contributed by atoms with Crippen LogP contribution in [0, 0.1) is 11.3 Å². The van der Waals surface area contributed by atoms with E-state index in [0.29, 0.717) is 27.3 Å². The summed E-state index contributed by atoms with van der Waals surface area (Å²) >= 11 is 1.18. The molecule has 1 aromatic heterocycles. The second-order valence-corrected chi connectivity index (χ2v) is 7.41. The third kappa shape index (κ3) is 3.71. The summed E-state index contributed by atoms with van der Waals surface area (Å²) in [4.78, 5) is 29.7. The van der Waals surface area contributed by atoms with Gasteiger partial charge in [0.25, 0.3) is 5.56 Å². The van der Waals surface area contributed by atoms with Crippen molar-refractivity contribution in [2.24, 2.45) is 7.05 Å². The van der Waals surface area contributed by atoms with Crippen LogP contribution in [0.2, 0.25) is 0 Å². The van der Waals surface area contributed by atoms with E-state index in [0.717, 1.165) is 10.8 Å². The molecule has 4 aromatic rings. The molecule has 0 spiro atoms. The van der Waals surface area contributed by atoms with Gasteiger partial charge in [-0.15, -0.1) is 0 Å². The number of anilines is 1. The van der Waals surface area contributed by atoms with Gasteiger partial charge in [0.2, 0.25) is 5.91 Å². The fourth-order valence-electron chi connectivity index (χ4n) is 3.07. The van der Waals surface area contributed by atoms with E-state index in [1.165, 1.54) is 16.3 Å². The molecule has 0 aliphatic heterocycles. The van der Waals surface area contributed by atoms with E-state index < -0.39 is 0 Å². The molecule has 29 heavy (non-hydrogen) atoms. The van der Waals surface area contributed by atoms with Crippen LogP contribution in [-0.2, 0) is 11.8 Å². The van der Waals surface area contributed by atoms with Gasteiger partial charge in [-0.3, -0.25) is 14.2 Å². The van der Waals surface area contributed by atoms with Crippen LogP contribution in [0.1, 0.15) is 5.56 Å². The molecule has 6 nitrogen and oxygen atoms in total. The zero-order valence-electron chi connectivity index (χ0n) is 15.5. The van der Waals surface area contributed by atoms with Crippen molar-refractivity contribution < 1.29 is 4.79 Å². The molecule has 4 rings (SSSR count). The lowest BCUT2D eigenvalue weighted by molar-refractivity contribution is -0.113. The summed E-state index contributed by atoms with van der Waals surface area (Å²) in [5.41, 5.74) is 1.31. The van der Waals surface area contributed by atoms with Gasteiger partial charge < -0.3 is 5.32 Å². The van der Waals surface area contributed by atoms with Crippen molar-refractivity contribution in [3.05, 3.63) is 76.6 Å². The quantitative estimate of drug-likeness (QED) is 0.321. The summed E-state index contributed by atoms with van der Waals surface area (Å²) in [7, 11) is 1.65. The van der Waals surface area contributed by atoms with E-state index in [1.807, 2.05) is 42.5 Å². The van der Waals surface area contributed by atoms with Gasteiger partial charge in [-0.2, -0.15) is 5.26 Å². The number of hydrogen-bond donors (Lipinski definition) is 1. The highest BCUT2D eigenvalue weighted by atomic mass is 32.2. The summed E-state index contributed by atoms with van der Waals surface area (Å²) in [6.45, 7) is 0. The smallest absolute Gasteiger partial charge is 0.261 e. The van der Waals surface area contributed by atoms with Crippen LogP contribution < -0.4 is 10.9 Å². The number of nitriles is 1. The second kappa shape index (κ2) is 7.78. The van der Waals surface area contributed by atoms with Crippen LogP contribution in [0.3, 0.4) is 0 Å². The van der Waals surface area contributed by atoms with Crippen molar-refractivity contribution in [3.8, 4) is 6.07 Å². The van der Waals surface area contributed by atoms with E-state index in [9.17, 15) is 9.59 Å². The Kier molecular flexibility index (Phi) is 5.02. The maximum Gasteiger partial charge on any atom is 0.261 e. The number of benzene rings is 3. The van der Waals surface area contributed by atoms with Gasteiger partial charge >= 0.3 is 0 Å². The molecular weight excluding hydrogens is 384 g/mol. The first-order valence-electron chi connectivity index (χ1n) is 8.88. The number of nitrogens with zero attached hydrogens (tertiary/aromatic N) is 3. The molecular formula is C22H16N4O2S. The highest BCUT2D eigenvalue weighted by Gasteiger charge is 2.13. The van der Waals surface area contributed by atoms with Gasteiger partial charge in [0, 0.05) is 7.05 Å². The lowest BCUT2D eigenvalue weighted by Gasteiger charge is -2.10. The number of nitrogens with one attached hydrogen (secondary N) is 1. The third-order valence-electron chi connectivity index (χ3n) is 4.56. The summed E-state index contributed by atoms with van der Waals surface area (Å²) in [5, 5.41) is 14.8. The van der Waals surface area contributed by atoms with E-state index in [1.54, 1.807) is 31.3 Å². The number of carbonyl (C=O) groups excluding carboxylic acids is 1. The maximum absolute atomic E-state index is 12.8. The van der Waals surface area contributed by atoms with Crippen LogP contribution in [0.5, 0.6) is 0 Å². The highest BCUT2D eigenvalue weighted by molar-refractivity contribution is 7.99. The standard InChI is InChI=1S/C22H16N4O2S/c1-26-21(28)17-10-14-6-2-3-7-15(14)11-19(17)25-22(26)29-13-20(27)24-18-9-5-4-8-16(18)12-23/h2-11H,13H2,1H3,(H,24,27). The first-order chi connectivity index (χ1) is 14.1. The van der Waals surface area contributed by atoms with Crippen molar-refractivity contribution >= 4 is 45.0 Å². The summed E-state index contributed by atoms with van der Waals surface area (Å²) in [5.74, 6) is -0.204. The average Bonchev–Trinajstić information content (AvgIpc) is 2.74. The number of aromatic nitrogens is 2. The summed E-state index contributed by atoms with van der Waals surface area (Å²) in [6, 6.07) is 20.4. The SMILES string of the molecule is Cn1c(SCC(=O)Nc2ccccc2C#N)nc2cc3ccccc3cc2c1=O. The Labute approximate surface area is 170 Å². The van der Waals surface area contributed by atoms with Crippen molar-refractivity contribution in [3.63, 3.8) is 0 Å². The normalized spacial score (nSPS) is 10.8. The summed E-state index contributed by atoms with van der Waals surface area (Å²) in [6.07, 6.45) is 0. The molecule has 0 fully saturated rings. The Hall–Kier alpha value is -3.63. The van der Waals surface area contributed by atoms with Crippen LogP contribution in [0.4, 0.5) is 5.69 Å². The molecule has 7 heteroatoms. The van der Waals surface area contributed by atoms with Gasteiger partial charge in [0.15, 0.2) is 5.16 Å². The van der Waals surface area contributed by atoms with Gasteiger partial charge in [-0.1, -0.05) is 48.2 Å². The molecule has 0 saturated carbocycles. The molecule has 0 bridgehead atoms. The zero-order valence-corrected chi connectivity index (χ0v) is 16.4. The number of rotatable bonds is 4. The Morgan fingerprint density at radius 2 is 1.83 bits per heavy atom. The molecule has 0 saturated heterocycles. The number of para-hydroxylation sites is 1. The molecule has 0 atom stereocenters. The second-order valence-electron chi connectivity index (χ2n) is 6.47. The maximum atomic E-state index is 12.8. The number of fused-ring (bicyclic) bond motifs is 2. The molecule has 142 valence electrons. The molecule has 0 unspecified atom stereocenters. The molecule has 0 radical (unpaired) electrons. The first kappa shape index (κ1) is 18.7. The molecule has 1 N–H and O–H groups in total. The minimum absolute atomic E-state index is 0.0686. The minimum Gasteiger partial charge on any atom is -0.324 e. The van der Waals surface area contributed by atoms with Crippen LogP contribution >= 0.6 is 11.8 Å². The average molecular weight is 400 g/mol. The van der Waals surface area contributed by atoms with Crippen molar-refractivity contribution in [1.29, 1.82) is 5.26 Å². The van der Waals surface area contributed by atoms with Crippen molar-refractivity contribution in [1.82, 2.24) is 9.55 Å². The topological polar surface area (TPSA) is 87.8 Å². The molecule has 1 heterocycles. The van der Waals surface area contributed by atoms with Crippen LogP contribution in [0.15, 0.2) is 70.6 Å². The number of thioether (sulfide) groups is 1. The number of amides is 1. The Morgan fingerprint density at radius 3 is 2.59 bits per heavy atom. The highest BCUT2D eigenvalue weighted by Crippen LogP contribution is 2.22. The lowest BCUT2D eigenvalue weighted by Crippen LogP contribution is -2.21. The van der Waals surface area contributed by atoms with Gasteiger partial charge in [0.05, 0.1) is 27.9 Å². The fourth-order valence-corrected chi connectivity index (χ4v) is 3.84. The molecule has 0 aliphatic carbocycles. The lowest BCUT2D eigenvalue weighted by atomic mass is 10.1. The predicted molar refractivity (Wildman–Crippen MR) is 115 cm³/mol. The predicted octanol–water partition coefficient (Wildman–Crippen LogP) is 3.69. The van der Waals surface area contributed by atoms with E-state index in [2.05, 4.69) is 10.3 Å². The summed E-state index contributed by atoms with van der Waals surface area (Å²) < 4.78 is 1.46. The Balaban J connectivity index is 1.60. The molecule has 3 aromatic carbocycles. The Bertz CT molecular complexity index is 1350. The zero-order chi connectivity index (χ0) is 20.4. The number of carbonyl (C=O) groups is 1. The van der Waals surface area contributed by atoms with Gasteiger partial charge in [0.1, 0.15) is 6.07 Å². The monoisotopic (exact) mass is 400 g/mol. The van der Waals surface area contributed by atoms with E-state index >= 15 is 0 Å². The van der Waals surface area contributed by atoms with Crippen LogP contribution in [-0.4, -0.2) is 21.2 Å². The largest absolute Gasteiger partial charge is 0.324 e. The Morgan fingerprint density at radius 1 is 1.14 bits per heavy atom. The van der Waals surface area contributed by atoms with Crippen molar-refractivity contribution in [2.45, 2.75) is 5.16 Å². The van der Waals surface area contributed by atoms with Crippen LogP contribution in [0.25, 0.3) is 21.7 Å². The van der Waals surface area contributed by atoms with E-state index in [4.69, 9.17) is 5.26 Å². The minimum atomic E-state index is -0.273.